The predicted molar refractivity (Wildman–Crippen MR) is 120 cm³/mol. The Balaban J connectivity index is 0.000000248. The van der Waals surface area contributed by atoms with Crippen molar-refractivity contribution < 1.29 is 45.7 Å². The van der Waals surface area contributed by atoms with Gasteiger partial charge in [0.25, 0.3) is 0 Å². The molecule has 3 heterocycles. The minimum atomic E-state index is -4.41. The summed E-state index contributed by atoms with van der Waals surface area (Å²) in [4.78, 5) is 21.8. The molecule has 1 saturated heterocycles. The lowest BCUT2D eigenvalue weighted by molar-refractivity contribution is -0.154. The molecule has 1 amide bonds. The molecule has 0 radical (unpaired) electrons. The Morgan fingerprint density at radius 2 is 1.46 bits per heavy atom. The van der Waals surface area contributed by atoms with Gasteiger partial charge in [-0.25, -0.2) is 9.97 Å². The summed E-state index contributed by atoms with van der Waals surface area (Å²) < 4.78 is 80.2. The fourth-order valence-corrected chi connectivity index (χ4v) is 4.09. The van der Waals surface area contributed by atoms with Crippen LogP contribution in [-0.2, 0) is 4.79 Å². The van der Waals surface area contributed by atoms with Crippen LogP contribution in [0.3, 0.4) is 0 Å². The lowest BCUT2D eigenvalue weighted by atomic mass is 9.72. The highest BCUT2D eigenvalue weighted by Gasteiger charge is 2.48. The number of rotatable bonds is 5. The summed E-state index contributed by atoms with van der Waals surface area (Å²) in [6.07, 6.45) is -3.18. The number of carbonyl (C=O) groups excluding carboxylic acids is 1. The molecule has 0 atom stereocenters. The SMILES string of the molecule is Nc1ccc(OCC(F)(F)F)nc1.O=C1N(c2ccc(OCC(F)(F)F)nc2)CCC12CCC(O)CC2. The van der Waals surface area contributed by atoms with Crippen molar-refractivity contribution in [1.29, 1.82) is 0 Å². The Kier molecular flexibility index (Phi) is 8.72. The van der Waals surface area contributed by atoms with Gasteiger partial charge in [-0.15, -0.1) is 0 Å². The highest BCUT2D eigenvalue weighted by molar-refractivity contribution is 5.99. The number of nitrogens with two attached hydrogens (primary N) is 1. The number of aliphatic hydroxyl groups excluding tert-OH is 1. The number of ether oxygens (including phenoxy) is 2. The Bertz CT molecular complexity index is 1020. The molecule has 1 saturated carbocycles. The molecule has 204 valence electrons. The first-order chi connectivity index (χ1) is 17.3. The normalized spacial score (nSPS) is 22.0. The van der Waals surface area contributed by atoms with E-state index in [9.17, 15) is 36.2 Å². The fraction of sp³-hybridized carbons (Fsp3) is 0.522. The molecule has 1 aliphatic heterocycles. The van der Waals surface area contributed by atoms with Gasteiger partial charge in [0, 0.05) is 18.7 Å². The molecular weight excluding hydrogens is 510 g/mol. The second-order valence-electron chi connectivity index (χ2n) is 8.81. The van der Waals surface area contributed by atoms with Crippen LogP contribution in [0.4, 0.5) is 37.7 Å². The van der Waals surface area contributed by atoms with Gasteiger partial charge in [0.15, 0.2) is 13.2 Å². The summed E-state index contributed by atoms with van der Waals surface area (Å²) in [5.74, 6) is -0.204. The quantitative estimate of drug-likeness (QED) is 0.549. The Hall–Kier alpha value is -3.29. The van der Waals surface area contributed by atoms with Crippen LogP contribution in [0, 0.1) is 5.41 Å². The average molecular weight is 536 g/mol. The van der Waals surface area contributed by atoms with Crippen LogP contribution in [0.2, 0.25) is 0 Å². The van der Waals surface area contributed by atoms with E-state index >= 15 is 0 Å². The number of aliphatic hydroxyl groups is 1. The molecule has 3 N–H and O–H groups in total. The highest BCUT2D eigenvalue weighted by atomic mass is 19.4. The van der Waals surface area contributed by atoms with Crippen molar-refractivity contribution in [3.63, 3.8) is 0 Å². The minimum Gasteiger partial charge on any atom is -0.468 e. The smallest absolute Gasteiger partial charge is 0.422 e. The van der Waals surface area contributed by atoms with Crippen molar-refractivity contribution in [1.82, 2.24) is 9.97 Å². The van der Waals surface area contributed by atoms with Crippen molar-refractivity contribution in [3.05, 3.63) is 36.7 Å². The fourth-order valence-electron chi connectivity index (χ4n) is 4.09. The third kappa shape index (κ3) is 8.37. The van der Waals surface area contributed by atoms with Gasteiger partial charge in [-0.05, 0) is 44.2 Å². The number of amides is 1. The largest absolute Gasteiger partial charge is 0.468 e. The number of nitrogen functional groups attached to an aromatic ring is 1. The molecule has 1 spiro atoms. The van der Waals surface area contributed by atoms with Gasteiger partial charge >= 0.3 is 12.4 Å². The first-order valence-electron chi connectivity index (χ1n) is 11.3. The van der Waals surface area contributed by atoms with E-state index in [1.54, 1.807) is 11.0 Å². The Morgan fingerprint density at radius 3 is 1.92 bits per heavy atom. The number of nitrogens with zero attached hydrogens (tertiary/aromatic N) is 3. The number of anilines is 2. The first-order valence-corrected chi connectivity index (χ1v) is 11.3. The van der Waals surface area contributed by atoms with Gasteiger partial charge in [0.05, 0.1) is 35.3 Å². The topological polar surface area (TPSA) is 111 Å². The van der Waals surface area contributed by atoms with Gasteiger partial charge in [-0.3, -0.25) is 4.79 Å². The van der Waals surface area contributed by atoms with Crippen LogP contribution in [-0.4, -0.2) is 59.2 Å². The van der Waals surface area contributed by atoms with Crippen molar-refractivity contribution in [3.8, 4) is 11.8 Å². The zero-order valence-electron chi connectivity index (χ0n) is 19.6. The van der Waals surface area contributed by atoms with E-state index in [1.165, 1.54) is 30.6 Å². The molecule has 2 fully saturated rings. The van der Waals surface area contributed by atoms with Crippen molar-refractivity contribution >= 4 is 17.3 Å². The number of hydrogen-bond acceptors (Lipinski definition) is 7. The van der Waals surface area contributed by atoms with Gasteiger partial charge in [0.2, 0.25) is 17.7 Å². The molecular formula is C23H26F6N4O4. The first kappa shape index (κ1) is 28.3. The second kappa shape index (κ2) is 11.4. The molecule has 37 heavy (non-hydrogen) atoms. The lowest BCUT2D eigenvalue weighted by Gasteiger charge is -2.33. The molecule has 0 aromatic carbocycles. The van der Waals surface area contributed by atoms with Gasteiger partial charge in [0.1, 0.15) is 0 Å². The van der Waals surface area contributed by atoms with Gasteiger partial charge < -0.3 is 25.2 Å². The monoisotopic (exact) mass is 536 g/mol. The maximum absolute atomic E-state index is 12.8. The maximum atomic E-state index is 12.8. The number of hydrogen-bond donors (Lipinski definition) is 2. The van der Waals surface area contributed by atoms with E-state index in [-0.39, 0.29) is 23.8 Å². The van der Waals surface area contributed by atoms with E-state index in [1.807, 2.05) is 0 Å². The van der Waals surface area contributed by atoms with E-state index in [0.29, 0.717) is 43.6 Å². The molecule has 2 aliphatic rings. The summed E-state index contributed by atoms with van der Waals surface area (Å²) in [5.41, 5.74) is 5.79. The molecule has 14 heteroatoms. The number of carbonyl (C=O) groups is 1. The van der Waals surface area contributed by atoms with E-state index in [0.717, 1.165) is 6.42 Å². The summed E-state index contributed by atoms with van der Waals surface area (Å²) in [6, 6.07) is 5.58. The number of alkyl halides is 6. The van der Waals surface area contributed by atoms with E-state index < -0.39 is 31.0 Å². The molecule has 4 rings (SSSR count). The van der Waals surface area contributed by atoms with Crippen LogP contribution in [0.1, 0.15) is 32.1 Å². The standard InChI is InChI=1S/C16H19F3N2O3.C7H7F3N2O/c17-16(18,19)10-24-13-2-1-11(9-20-13)21-8-7-15(14(21)23)5-3-12(22)4-6-15;8-7(9,10)4-13-6-2-1-5(11)3-12-6/h1-2,9,12,22H,3-8,10H2;1-3H,4,11H2. The summed E-state index contributed by atoms with van der Waals surface area (Å²) >= 11 is 0. The predicted octanol–water partition coefficient (Wildman–Crippen LogP) is 4.29. The third-order valence-corrected chi connectivity index (χ3v) is 5.98. The molecule has 2 aromatic rings. The second-order valence-corrected chi connectivity index (χ2v) is 8.81. The molecule has 2 aromatic heterocycles. The minimum absolute atomic E-state index is 0.0140. The van der Waals surface area contributed by atoms with E-state index in [2.05, 4.69) is 19.4 Å². The van der Waals surface area contributed by atoms with Gasteiger partial charge in [-0.1, -0.05) is 0 Å². The summed E-state index contributed by atoms with van der Waals surface area (Å²) in [5, 5.41) is 9.63. The van der Waals surface area contributed by atoms with Crippen LogP contribution >= 0.6 is 0 Å². The van der Waals surface area contributed by atoms with Crippen LogP contribution in [0.15, 0.2) is 36.7 Å². The van der Waals surface area contributed by atoms with Crippen molar-refractivity contribution in [2.75, 3.05) is 30.4 Å². The average Bonchev–Trinajstić information content (AvgIpc) is 3.15. The number of halogens is 6. The molecule has 1 aliphatic carbocycles. The molecule has 0 bridgehead atoms. The van der Waals surface area contributed by atoms with Crippen LogP contribution in [0.5, 0.6) is 11.8 Å². The third-order valence-electron chi connectivity index (χ3n) is 5.98. The van der Waals surface area contributed by atoms with Crippen LogP contribution < -0.4 is 20.1 Å². The van der Waals surface area contributed by atoms with Crippen molar-refractivity contribution in [2.24, 2.45) is 5.41 Å². The van der Waals surface area contributed by atoms with Crippen LogP contribution in [0.25, 0.3) is 0 Å². The Labute approximate surface area is 208 Å². The van der Waals surface area contributed by atoms with E-state index in [4.69, 9.17) is 5.73 Å². The zero-order valence-corrected chi connectivity index (χ0v) is 19.6. The lowest BCUT2D eigenvalue weighted by Crippen LogP contribution is -2.38. The zero-order chi connectivity index (χ0) is 27.3. The van der Waals surface area contributed by atoms with Gasteiger partial charge in [-0.2, -0.15) is 26.3 Å². The molecule has 0 unspecified atom stereocenters. The number of pyridine rings is 2. The summed E-state index contributed by atoms with van der Waals surface area (Å²) in [7, 11) is 0. The Morgan fingerprint density at radius 1 is 0.919 bits per heavy atom. The summed E-state index contributed by atoms with van der Waals surface area (Å²) in [6.45, 7) is -2.18. The molecule has 8 nitrogen and oxygen atoms in total. The highest BCUT2D eigenvalue weighted by Crippen LogP contribution is 2.46. The van der Waals surface area contributed by atoms with Crippen molar-refractivity contribution in [2.45, 2.75) is 50.6 Å². The number of aromatic nitrogens is 2. The maximum Gasteiger partial charge on any atom is 0.422 e.